The van der Waals surface area contributed by atoms with Gasteiger partial charge in [-0.2, -0.15) is 4.98 Å². The third kappa shape index (κ3) is 3.19. The molecule has 3 rings (SSSR count). The number of nitrogens with zero attached hydrogens (tertiary/aromatic N) is 5. The van der Waals surface area contributed by atoms with E-state index >= 15 is 0 Å². The van der Waals surface area contributed by atoms with Gasteiger partial charge in [-0.3, -0.25) is 0 Å². The fraction of sp³-hybridized carbons (Fsp3) is 0.467. The van der Waals surface area contributed by atoms with Crippen molar-refractivity contribution in [2.45, 2.75) is 0 Å². The van der Waals surface area contributed by atoms with E-state index in [0.717, 1.165) is 48.8 Å². The average Bonchev–Trinajstić information content (AvgIpc) is 2.46. The molecule has 114 valence electrons. The van der Waals surface area contributed by atoms with Gasteiger partial charge in [-0.25, -0.2) is 4.98 Å². The molecule has 0 N–H and O–H groups in total. The molecule has 0 radical (unpaired) electrons. The number of rotatable bonds is 2. The maximum Gasteiger partial charge on any atom is 0.227 e. The topological polar surface area (TPSA) is 35.5 Å². The summed E-state index contributed by atoms with van der Waals surface area (Å²) in [6, 6.07) is 8.21. The van der Waals surface area contributed by atoms with Gasteiger partial charge < -0.3 is 14.7 Å². The third-order valence-electron chi connectivity index (χ3n) is 3.78. The smallest absolute Gasteiger partial charge is 0.227 e. The van der Waals surface area contributed by atoms with Gasteiger partial charge in [0.2, 0.25) is 5.95 Å². The predicted octanol–water partition coefficient (Wildman–Crippen LogP) is 1.87. The van der Waals surface area contributed by atoms with Crippen molar-refractivity contribution >= 4 is 35.1 Å². The van der Waals surface area contributed by atoms with Crippen molar-refractivity contribution in [3.8, 4) is 0 Å². The first-order valence-corrected chi connectivity index (χ1v) is 7.03. The monoisotopic (exact) mass is 307 g/mol. The van der Waals surface area contributed by atoms with Gasteiger partial charge in [-0.05, 0) is 19.2 Å². The van der Waals surface area contributed by atoms with Crippen LogP contribution >= 0.6 is 12.4 Å². The van der Waals surface area contributed by atoms with Crippen LogP contribution in [-0.4, -0.2) is 62.2 Å². The summed E-state index contributed by atoms with van der Waals surface area (Å²) in [6.07, 6.45) is 0. The van der Waals surface area contributed by atoms with Crippen LogP contribution in [0.4, 0.5) is 11.8 Å². The fourth-order valence-electron chi connectivity index (χ4n) is 2.54. The summed E-state index contributed by atoms with van der Waals surface area (Å²) in [6.45, 7) is 4.10. The molecule has 0 amide bonds. The molecule has 0 atom stereocenters. The molecule has 1 aromatic carbocycles. The van der Waals surface area contributed by atoms with E-state index in [-0.39, 0.29) is 12.4 Å². The van der Waals surface area contributed by atoms with Gasteiger partial charge in [0.15, 0.2) is 0 Å². The van der Waals surface area contributed by atoms with Gasteiger partial charge in [0.1, 0.15) is 5.82 Å². The molecular formula is C15H22ClN5. The number of hydrogen-bond acceptors (Lipinski definition) is 5. The Bertz CT molecular complexity index is 608. The maximum absolute atomic E-state index is 4.77. The van der Waals surface area contributed by atoms with E-state index in [1.165, 1.54) is 0 Å². The minimum atomic E-state index is 0. The molecule has 6 heteroatoms. The highest BCUT2D eigenvalue weighted by atomic mass is 35.5. The van der Waals surface area contributed by atoms with E-state index in [1.54, 1.807) is 0 Å². The Morgan fingerprint density at radius 1 is 1.00 bits per heavy atom. The summed E-state index contributed by atoms with van der Waals surface area (Å²) in [5, 5.41) is 1.11. The zero-order valence-corrected chi connectivity index (χ0v) is 13.6. The van der Waals surface area contributed by atoms with E-state index in [0.29, 0.717) is 0 Å². The first kappa shape index (κ1) is 15.8. The minimum absolute atomic E-state index is 0. The minimum Gasteiger partial charge on any atom is -0.362 e. The SMILES string of the molecule is CN1CCN(c2nc(N(C)C)c3ccccc3n2)CC1.Cl. The van der Waals surface area contributed by atoms with Crippen LogP contribution in [0.25, 0.3) is 10.9 Å². The van der Waals surface area contributed by atoms with Crippen LogP contribution in [0, 0.1) is 0 Å². The second-order valence-corrected chi connectivity index (χ2v) is 5.55. The molecule has 0 bridgehead atoms. The van der Waals surface area contributed by atoms with Gasteiger partial charge in [0, 0.05) is 45.7 Å². The number of halogens is 1. The standard InChI is InChI=1S/C15H21N5.ClH/c1-18(2)14-12-6-4-5-7-13(12)16-15(17-14)20-10-8-19(3)9-11-20;/h4-7H,8-11H2,1-3H3;1H. The van der Waals surface area contributed by atoms with Crippen molar-refractivity contribution in [1.29, 1.82) is 0 Å². The Hall–Kier alpha value is -1.59. The number of benzene rings is 1. The van der Waals surface area contributed by atoms with Crippen LogP contribution in [0.5, 0.6) is 0 Å². The Morgan fingerprint density at radius 2 is 1.67 bits per heavy atom. The van der Waals surface area contributed by atoms with Crippen molar-refractivity contribution in [1.82, 2.24) is 14.9 Å². The summed E-state index contributed by atoms with van der Waals surface area (Å²) >= 11 is 0. The molecule has 0 spiro atoms. The summed E-state index contributed by atoms with van der Waals surface area (Å²) < 4.78 is 0. The number of aromatic nitrogens is 2. The number of hydrogen-bond donors (Lipinski definition) is 0. The van der Waals surface area contributed by atoms with E-state index in [2.05, 4.69) is 33.9 Å². The van der Waals surface area contributed by atoms with Crippen molar-refractivity contribution in [3.63, 3.8) is 0 Å². The lowest BCUT2D eigenvalue weighted by atomic mass is 10.2. The van der Waals surface area contributed by atoms with E-state index in [9.17, 15) is 0 Å². The highest BCUT2D eigenvalue weighted by Crippen LogP contribution is 2.25. The molecule has 1 aliphatic rings. The van der Waals surface area contributed by atoms with Crippen molar-refractivity contribution in [2.75, 3.05) is 57.1 Å². The van der Waals surface area contributed by atoms with Crippen LogP contribution in [0.2, 0.25) is 0 Å². The number of anilines is 2. The quantitative estimate of drug-likeness (QED) is 0.846. The lowest BCUT2D eigenvalue weighted by Gasteiger charge is -2.32. The zero-order chi connectivity index (χ0) is 14.1. The molecule has 2 aromatic rings. The first-order valence-electron chi connectivity index (χ1n) is 7.03. The van der Waals surface area contributed by atoms with Crippen molar-refractivity contribution in [2.24, 2.45) is 0 Å². The second kappa shape index (κ2) is 6.45. The molecule has 2 heterocycles. The molecule has 0 unspecified atom stereocenters. The number of likely N-dealkylation sites (N-methyl/N-ethyl adjacent to an activating group) is 1. The van der Waals surface area contributed by atoms with Crippen LogP contribution in [-0.2, 0) is 0 Å². The fourth-order valence-corrected chi connectivity index (χ4v) is 2.54. The summed E-state index contributed by atoms with van der Waals surface area (Å²) in [5.74, 6) is 1.84. The lowest BCUT2D eigenvalue weighted by molar-refractivity contribution is 0.311. The van der Waals surface area contributed by atoms with Gasteiger partial charge in [0.25, 0.3) is 0 Å². The average molecular weight is 308 g/mol. The largest absolute Gasteiger partial charge is 0.362 e. The van der Waals surface area contributed by atoms with Gasteiger partial charge >= 0.3 is 0 Å². The Balaban J connectivity index is 0.00000161. The molecule has 1 aliphatic heterocycles. The highest BCUT2D eigenvalue weighted by molar-refractivity contribution is 5.90. The van der Waals surface area contributed by atoms with Crippen LogP contribution < -0.4 is 9.80 Å². The van der Waals surface area contributed by atoms with Gasteiger partial charge in [0.05, 0.1) is 5.52 Å². The third-order valence-corrected chi connectivity index (χ3v) is 3.78. The van der Waals surface area contributed by atoms with Crippen LogP contribution in [0.3, 0.4) is 0 Å². The molecule has 1 fully saturated rings. The molecule has 5 nitrogen and oxygen atoms in total. The summed E-state index contributed by atoms with van der Waals surface area (Å²) in [4.78, 5) is 16.2. The van der Waals surface area contributed by atoms with Gasteiger partial charge in [-0.1, -0.05) is 12.1 Å². The maximum atomic E-state index is 4.77. The first-order chi connectivity index (χ1) is 9.65. The van der Waals surface area contributed by atoms with Gasteiger partial charge in [-0.15, -0.1) is 12.4 Å². The summed E-state index contributed by atoms with van der Waals surface area (Å²) in [7, 11) is 6.22. The molecule has 21 heavy (non-hydrogen) atoms. The van der Waals surface area contributed by atoms with Crippen LogP contribution in [0.1, 0.15) is 0 Å². The Labute approximate surface area is 132 Å². The van der Waals surface area contributed by atoms with E-state index < -0.39 is 0 Å². The number of para-hydroxylation sites is 1. The lowest BCUT2D eigenvalue weighted by Crippen LogP contribution is -2.45. The molecule has 0 aliphatic carbocycles. The highest BCUT2D eigenvalue weighted by Gasteiger charge is 2.18. The van der Waals surface area contributed by atoms with E-state index in [1.807, 2.05) is 26.2 Å². The van der Waals surface area contributed by atoms with E-state index in [4.69, 9.17) is 9.97 Å². The number of fused-ring (bicyclic) bond motifs is 1. The molecule has 0 saturated carbocycles. The zero-order valence-electron chi connectivity index (χ0n) is 12.8. The molecule has 1 saturated heterocycles. The van der Waals surface area contributed by atoms with Crippen LogP contribution in [0.15, 0.2) is 24.3 Å². The Kier molecular flexibility index (Phi) is 4.85. The number of piperazine rings is 1. The summed E-state index contributed by atoms with van der Waals surface area (Å²) in [5.41, 5.74) is 1.01. The van der Waals surface area contributed by atoms with Crippen molar-refractivity contribution in [3.05, 3.63) is 24.3 Å². The Morgan fingerprint density at radius 3 is 2.33 bits per heavy atom. The molecular weight excluding hydrogens is 286 g/mol. The normalized spacial score (nSPS) is 15.9. The molecule has 1 aromatic heterocycles. The predicted molar refractivity (Wildman–Crippen MR) is 90.8 cm³/mol. The van der Waals surface area contributed by atoms with Crippen molar-refractivity contribution < 1.29 is 0 Å². The second-order valence-electron chi connectivity index (χ2n) is 5.55.